The Morgan fingerprint density at radius 1 is 1.35 bits per heavy atom. The molecule has 7 nitrogen and oxygen atoms in total. The molecule has 0 radical (unpaired) electrons. The van der Waals surface area contributed by atoms with Crippen LogP contribution >= 0.6 is 15.9 Å². The highest BCUT2D eigenvalue weighted by molar-refractivity contribution is 9.10. The van der Waals surface area contributed by atoms with Gasteiger partial charge in [-0.1, -0.05) is 0 Å². The van der Waals surface area contributed by atoms with Crippen molar-refractivity contribution in [3.8, 4) is 0 Å². The summed E-state index contributed by atoms with van der Waals surface area (Å²) < 4.78 is 33.6. The number of benzene rings is 1. The van der Waals surface area contributed by atoms with Gasteiger partial charge in [0.05, 0.1) is 24.5 Å². The van der Waals surface area contributed by atoms with Gasteiger partial charge in [-0.2, -0.15) is 12.7 Å². The Morgan fingerprint density at radius 3 is 2.60 bits per heavy atom. The van der Waals surface area contributed by atoms with Gasteiger partial charge in [0.15, 0.2) is 0 Å². The lowest BCUT2D eigenvalue weighted by Crippen LogP contribution is -2.43. The van der Waals surface area contributed by atoms with E-state index in [2.05, 4.69) is 20.7 Å². The van der Waals surface area contributed by atoms with Crippen molar-refractivity contribution in [1.82, 2.24) is 4.31 Å². The number of aromatic carboxylic acids is 1. The Bertz CT molecular complexity index is 613. The van der Waals surface area contributed by atoms with Gasteiger partial charge in [0.25, 0.3) is 0 Å². The summed E-state index contributed by atoms with van der Waals surface area (Å²) in [5, 5.41) is 8.93. The summed E-state index contributed by atoms with van der Waals surface area (Å²) in [5.74, 6) is -1.12. The number of rotatable bonds is 4. The third-order valence-electron chi connectivity index (χ3n) is 2.76. The number of morpholine rings is 1. The Kier molecular flexibility index (Phi) is 4.63. The van der Waals surface area contributed by atoms with Gasteiger partial charge in [0.2, 0.25) is 0 Å². The predicted octanol–water partition coefficient (Wildman–Crippen LogP) is 1.14. The van der Waals surface area contributed by atoms with Crippen LogP contribution in [-0.2, 0) is 14.9 Å². The Balaban J connectivity index is 2.24. The number of hydrogen-bond donors (Lipinski definition) is 2. The standard InChI is InChI=1S/C11H13BrN2O5S/c12-9-2-1-8(11(15)16)7-10(9)13-20(17,18)14-3-5-19-6-4-14/h1-2,7,13H,3-6H2,(H,15,16). The molecular weight excluding hydrogens is 352 g/mol. The topological polar surface area (TPSA) is 95.9 Å². The minimum Gasteiger partial charge on any atom is -0.478 e. The molecule has 20 heavy (non-hydrogen) atoms. The van der Waals surface area contributed by atoms with Gasteiger partial charge in [-0.05, 0) is 34.1 Å². The zero-order chi connectivity index (χ0) is 14.8. The van der Waals surface area contributed by atoms with Gasteiger partial charge in [0, 0.05) is 17.6 Å². The zero-order valence-corrected chi connectivity index (χ0v) is 12.8. The molecule has 0 saturated carbocycles. The van der Waals surface area contributed by atoms with E-state index in [0.29, 0.717) is 17.7 Å². The fourth-order valence-electron chi connectivity index (χ4n) is 1.73. The van der Waals surface area contributed by atoms with E-state index in [9.17, 15) is 13.2 Å². The van der Waals surface area contributed by atoms with E-state index >= 15 is 0 Å². The second-order valence-electron chi connectivity index (χ2n) is 4.12. The number of hydrogen-bond acceptors (Lipinski definition) is 4. The van der Waals surface area contributed by atoms with Crippen LogP contribution in [0.4, 0.5) is 5.69 Å². The van der Waals surface area contributed by atoms with Gasteiger partial charge >= 0.3 is 16.2 Å². The lowest BCUT2D eigenvalue weighted by atomic mass is 10.2. The van der Waals surface area contributed by atoms with E-state index in [0.717, 1.165) is 0 Å². The maximum absolute atomic E-state index is 12.2. The van der Waals surface area contributed by atoms with Crippen molar-refractivity contribution >= 4 is 37.8 Å². The van der Waals surface area contributed by atoms with Gasteiger partial charge < -0.3 is 9.84 Å². The van der Waals surface area contributed by atoms with Gasteiger partial charge in [-0.3, -0.25) is 4.72 Å². The summed E-state index contributed by atoms with van der Waals surface area (Å²) in [6.07, 6.45) is 0. The fourth-order valence-corrected chi connectivity index (χ4v) is 3.41. The SMILES string of the molecule is O=C(O)c1ccc(Br)c(NS(=O)(=O)N2CCOCC2)c1. The number of halogens is 1. The third kappa shape index (κ3) is 3.48. The number of nitrogens with zero attached hydrogens (tertiary/aromatic N) is 1. The number of anilines is 1. The quantitative estimate of drug-likeness (QED) is 0.834. The van der Waals surface area contributed by atoms with E-state index in [1.807, 2.05) is 0 Å². The second-order valence-corrected chi connectivity index (χ2v) is 6.64. The van der Waals surface area contributed by atoms with Crippen LogP contribution in [0.5, 0.6) is 0 Å². The molecule has 0 aliphatic carbocycles. The van der Waals surface area contributed by atoms with E-state index in [-0.39, 0.29) is 24.3 Å². The Hall–Kier alpha value is -1.16. The molecule has 2 rings (SSSR count). The van der Waals surface area contributed by atoms with E-state index in [1.54, 1.807) is 0 Å². The lowest BCUT2D eigenvalue weighted by molar-refractivity contribution is 0.0697. The molecule has 0 aromatic heterocycles. The predicted molar refractivity (Wildman–Crippen MR) is 76.0 cm³/mol. The molecular formula is C11H13BrN2O5S. The number of carbonyl (C=O) groups is 1. The number of ether oxygens (including phenoxy) is 1. The van der Waals surface area contributed by atoms with E-state index in [4.69, 9.17) is 9.84 Å². The summed E-state index contributed by atoms with van der Waals surface area (Å²) in [6.45, 7) is 1.23. The molecule has 1 aliphatic heterocycles. The average molecular weight is 365 g/mol. The first kappa shape index (κ1) is 15.2. The fraction of sp³-hybridized carbons (Fsp3) is 0.364. The van der Waals surface area contributed by atoms with Crippen molar-refractivity contribution in [3.63, 3.8) is 0 Å². The van der Waals surface area contributed by atoms with Crippen LogP contribution in [0, 0.1) is 0 Å². The maximum Gasteiger partial charge on any atom is 0.335 e. The minimum absolute atomic E-state index is 0.00729. The summed E-state index contributed by atoms with van der Waals surface area (Å²) in [6, 6.07) is 4.14. The molecule has 0 bridgehead atoms. The average Bonchev–Trinajstić information content (AvgIpc) is 2.42. The van der Waals surface area contributed by atoms with Crippen molar-refractivity contribution < 1.29 is 23.1 Å². The Morgan fingerprint density at radius 2 is 2.00 bits per heavy atom. The normalized spacial score (nSPS) is 16.9. The van der Waals surface area contributed by atoms with Crippen LogP contribution < -0.4 is 4.72 Å². The highest BCUT2D eigenvalue weighted by Crippen LogP contribution is 2.25. The molecule has 1 fully saturated rings. The molecule has 1 aromatic carbocycles. The number of carboxylic acid groups (broad SMARTS) is 1. The minimum atomic E-state index is -3.72. The second kappa shape index (κ2) is 6.08. The van der Waals surface area contributed by atoms with Crippen molar-refractivity contribution in [3.05, 3.63) is 28.2 Å². The van der Waals surface area contributed by atoms with Crippen LogP contribution in [-0.4, -0.2) is 50.1 Å². The zero-order valence-electron chi connectivity index (χ0n) is 10.4. The van der Waals surface area contributed by atoms with Crippen molar-refractivity contribution in [2.24, 2.45) is 0 Å². The molecule has 9 heteroatoms. The van der Waals surface area contributed by atoms with Gasteiger partial charge in [-0.15, -0.1) is 0 Å². The molecule has 1 aromatic rings. The highest BCUT2D eigenvalue weighted by Gasteiger charge is 2.25. The molecule has 2 N–H and O–H groups in total. The first-order chi connectivity index (χ1) is 9.40. The molecule has 0 spiro atoms. The first-order valence-electron chi connectivity index (χ1n) is 5.78. The summed E-state index contributed by atoms with van der Waals surface area (Å²) >= 11 is 3.19. The maximum atomic E-state index is 12.2. The lowest BCUT2D eigenvalue weighted by Gasteiger charge is -2.26. The van der Waals surface area contributed by atoms with Gasteiger partial charge in [0.1, 0.15) is 0 Å². The first-order valence-corrected chi connectivity index (χ1v) is 8.02. The smallest absolute Gasteiger partial charge is 0.335 e. The van der Waals surface area contributed by atoms with Crippen LogP contribution in [0.2, 0.25) is 0 Å². The van der Waals surface area contributed by atoms with Crippen LogP contribution in [0.3, 0.4) is 0 Å². The highest BCUT2D eigenvalue weighted by atomic mass is 79.9. The number of carboxylic acids is 1. The molecule has 1 saturated heterocycles. The molecule has 0 unspecified atom stereocenters. The Labute approximate surface area is 124 Å². The van der Waals surface area contributed by atoms with Crippen molar-refractivity contribution in [1.29, 1.82) is 0 Å². The monoisotopic (exact) mass is 364 g/mol. The van der Waals surface area contributed by atoms with Gasteiger partial charge in [-0.25, -0.2) is 4.79 Å². The van der Waals surface area contributed by atoms with Crippen molar-refractivity contribution in [2.45, 2.75) is 0 Å². The summed E-state index contributed by atoms with van der Waals surface area (Å²) in [7, 11) is -3.72. The van der Waals surface area contributed by atoms with Crippen LogP contribution in [0.25, 0.3) is 0 Å². The molecule has 0 amide bonds. The molecule has 0 atom stereocenters. The van der Waals surface area contributed by atoms with E-state index in [1.165, 1.54) is 22.5 Å². The van der Waals surface area contributed by atoms with Crippen molar-refractivity contribution in [2.75, 3.05) is 31.0 Å². The summed E-state index contributed by atoms with van der Waals surface area (Å²) in [5.41, 5.74) is 0.198. The third-order valence-corrected chi connectivity index (χ3v) is 4.98. The number of nitrogens with one attached hydrogen (secondary N) is 1. The van der Waals surface area contributed by atoms with E-state index < -0.39 is 16.2 Å². The summed E-state index contributed by atoms with van der Waals surface area (Å²) in [4.78, 5) is 10.9. The largest absolute Gasteiger partial charge is 0.478 e. The molecule has 1 heterocycles. The van der Waals surface area contributed by atoms with Crippen LogP contribution in [0.15, 0.2) is 22.7 Å². The molecule has 110 valence electrons. The van der Waals surface area contributed by atoms with Crippen LogP contribution in [0.1, 0.15) is 10.4 Å². The molecule has 1 aliphatic rings.